The van der Waals surface area contributed by atoms with Gasteiger partial charge in [0.2, 0.25) is 0 Å². The third-order valence-corrected chi connectivity index (χ3v) is 9.37. The third kappa shape index (κ3) is 3.66. The van der Waals surface area contributed by atoms with Crippen LogP contribution < -0.4 is 5.32 Å². The van der Waals surface area contributed by atoms with Crippen molar-refractivity contribution in [1.29, 1.82) is 0 Å². The summed E-state index contributed by atoms with van der Waals surface area (Å²) >= 11 is 1.32. The number of para-hydroxylation sites is 1. The summed E-state index contributed by atoms with van der Waals surface area (Å²) in [5.74, 6) is 0.753. The van der Waals surface area contributed by atoms with Crippen LogP contribution in [0, 0.1) is 0 Å². The van der Waals surface area contributed by atoms with Crippen molar-refractivity contribution in [3.63, 3.8) is 0 Å². The summed E-state index contributed by atoms with van der Waals surface area (Å²) in [6, 6.07) is 21.4. The highest BCUT2D eigenvalue weighted by Gasteiger charge is 2.31. The summed E-state index contributed by atoms with van der Waals surface area (Å²) in [4.78, 5) is 9.05. The molecule has 0 radical (unpaired) electrons. The molecular formula is C25H20N4O2S2. The standard InChI is InChI=1S/C25H20N4O2S2/c30-33(31,24-14-18-6-2-4-8-23(18)32-24)29-12-10-21-19(16-29)9-11-26-25(21)28-20-13-17-5-1-3-7-22(17)27-15-20/h1-9,11,13-15H,10,12,16H2,(H,26,28). The number of rotatable bonds is 4. The van der Waals surface area contributed by atoms with E-state index in [1.165, 1.54) is 11.3 Å². The molecule has 5 aromatic rings. The number of anilines is 2. The van der Waals surface area contributed by atoms with Gasteiger partial charge in [0.1, 0.15) is 10.0 Å². The van der Waals surface area contributed by atoms with Crippen molar-refractivity contribution in [2.24, 2.45) is 0 Å². The van der Waals surface area contributed by atoms with E-state index in [-0.39, 0.29) is 0 Å². The minimum Gasteiger partial charge on any atom is -0.339 e. The zero-order chi connectivity index (χ0) is 22.4. The van der Waals surface area contributed by atoms with Crippen LogP contribution in [0.1, 0.15) is 11.1 Å². The summed E-state index contributed by atoms with van der Waals surface area (Å²) in [5, 5.41) is 5.39. The molecule has 0 amide bonds. The van der Waals surface area contributed by atoms with E-state index in [2.05, 4.69) is 15.3 Å². The quantitative estimate of drug-likeness (QED) is 0.382. The topological polar surface area (TPSA) is 75.2 Å². The molecular weight excluding hydrogens is 452 g/mol. The van der Waals surface area contributed by atoms with E-state index in [4.69, 9.17) is 0 Å². The second-order valence-corrected chi connectivity index (χ2v) is 11.3. The fourth-order valence-corrected chi connectivity index (χ4v) is 7.24. The summed E-state index contributed by atoms with van der Waals surface area (Å²) in [6.07, 6.45) is 4.12. The number of thiophene rings is 1. The second-order valence-electron chi connectivity index (χ2n) is 8.03. The minimum atomic E-state index is -3.56. The fourth-order valence-electron chi connectivity index (χ4n) is 4.27. The lowest BCUT2D eigenvalue weighted by atomic mass is 10.0. The van der Waals surface area contributed by atoms with Gasteiger partial charge in [-0.25, -0.2) is 13.4 Å². The van der Waals surface area contributed by atoms with Crippen LogP contribution in [0.5, 0.6) is 0 Å². The Bertz CT molecular complexity index is 1580. The van der Waals surface area contributed by atoms with E-state index in [1.54, 1.807) is 22.8 Å². The molecule has 2 aromatic carbocycles. The van der Waals surface area contributed by atoms with E-state index < -0.39 is 10.0 Å². The number of hydrogen-bond donors (Lipinski definition) is 1. The molecule has 33 heavy (non-hydrogen) atoms. The molecule has 3 aromatic heterocycles. The molecule has 0 bridgehead atoms. The van der Waals surface area contributed by atoms with Crippen molar-refractivity contribution < 1.29 is 8.42 Å². The highest BCUT2D eigenvalue weighted by atomic mass is 32.2. The normalized spacial score (nSPS) is 14.4. The van der Waals surface area contributed by atoms with Crippen molar-refractivity contribution in [2.75, 3.05) is 11.9 Å². The van der Waals surface area contributed by atoms with Gasteiger partial charge in [0.25, 0.3) is 10.0 Å². The smallest absolute Gasteiger partial charge is 0.252 e. The largest absolute Gasteiger partial charge is 0.339 e. The fraction of sp³-hybridized carbons (Fsp3) is 0.120. The third-order valence-electron chi connectivity index (χ3n) is 5.96. The first-order chi connectivity index (χ1) is 16.1. The molecule has 0 aliphatic carbocycles. The minimum absolute atomic E-state index is 0.332. The summed E-state index contributed by atoms with van der Waals surface area (Å²) in [7, 11) is -3.56. The maximum Gasteiger partial charge on any atom is 0.252 e. The van der Waals surface area contributed by atoms with E-state index in [9.17, 15) is 8.42 Å². The van der Waals surface area contributed by atoms with Gasteiger partial charge in [-0.2, -0.15) is 4.31 Å². The molecule has 0 saturated heterocycles. The van der Waals surface area contributed by atoms with Gasteiger partial charge in [0.05, 0.1) is 17.4 Å². The number of pyridine rings is 2. The van der Waals surface area contributed by atoms with Crippen LogP contribution in [0.25, 0.3) is 21.0 Å². The Morgan fingerprint density at radius 2 is 1.76 bits per heavy atom. The number of nitrogens with zero attached hydrogens (tertiary/aromatic N) is 3. The number of benzene rings is 2. The average molecular weight is 473 g/mol. The maximum atomic E-state index is 13.4. The van der Waals surface area contributed by atoms with E-state index in [0.717, 1.165) is 43.6 Å². The SMILES string of the molecule is O=S(=O)(c1cc2ccccc2s1)N1CCc2c(ccnc2Nc2cnc3ccccc3c2)C1. The Labute approximate surface area is 195 Å². The van der Waals surface area contributed by atoms with Gasteiger partial charge in [-0.1, -0.05) is 36.4 Å². The molecule has 0 fully saturated rings. The number of aromatic nitrogens is 2. The molecule has 164 valence electrons. The van der Waals surface area contributed by atoms with Gasteiger partial charge < -0.3 is 5.32 Å². The van der Waals surface area contributed by atoms with Crippen molar-refractivity contribution in [3.05, 3.63) is 90.3 Å². The van der Waals surface area contributed by atoms with Crippen LogP contribution in [-0.2, 0) is 23.0 Å². The number of hydrogen-bond acceptors (Lipinski definition) is 6. The van der Waals surface area contributed by atoms with Gasteiger partial charge in [-0.15, -0.1) is 11.3 Å². The molecule has 6 rings (SSSR count). The zero-order valence-corrected chi connectivity index (χ0v) is 19.2. The van der Waals surface area contributed by atoms with Crippen LogP contribution >= 0.6 is 11.3 Å². The maximum absolute atomic E-state index is 13.4. The summed E-state index contributed by atoms with van der Waals surface area (Å²) in [5.41, 5.74) is 3.81. The molecule has 0 unspecified atom stereocenters. The molecule has 0 saturated carbocycles. The molecule has 4 heterocycles. The van der Waals surface area contributed by atoms with Crippen molar-refractivity contribution >= 4 is 53.9 Å². The van der Waals surface area contributed by atoms with Crippen LogP contribution in [0.3, 0.4) is 0 Å². The van der Waals surface area contributed by atoms with E-state index in [1.807, 2.05) is 60.7 Å². The van der Waals surface area contributed by atoms with Gasteiger partial charge in [-0.3, -0.25) is 4.98 Å². The Kier molecular flexibility index (Phi) is 4.86. The Morgan fingerprint density at radius 3 is 2.64 bits per heavy atom. The van der Waals surface area contributed by atoms with Gasteiger partial charge in [-0.05, 0) is 47.7 Å². The Morgan fingerprint density at radius 1 is 0.939 bits per heavy atom. The number of fused-ring (bicyclic) bond motifs is 3. The van der Waals surface area contributed by atoms with Gasteiger partial charge >= 0.3 is 0 Å². The number of nitrogens with one attached hydrogen (secondary N) is 1. The Balaban J connectivity index is 1.29. The highest BCUT2D eigenvalue weighted by Crippen LogP contribution is 2.34. The van der Waals surface area contributed by atoms with Crippen molar-refractivity contribution in [3.8, 4) is 0 Å². The predicted molar refractivity (Wildman–Crippen MR) is 132 cm³/mol. The summed E-state index contributed by atoms with van der Waals surface area (Å²) in [6.45, 7) is 0.749. The summed E-state index contributed by atoms with van der Waals surface area (Å²) < 4.78 is 29.7. The Hall–Kier alpha value is -3.33. The first kappa shape index (κ1) is 20.3. The van der Waals surface area contributed by atoms with Gasteiger partial charge in [0, 0.05) is 34.9 Å². The monoisotopic (exact) mass is 472 g/mol. The molecule has 6 nitrogen and oxygen atoms in total. The van der Waals surface area contributed by atoms with Crippen LogP contribution in [0.4, 0.5) is 11.5 Å². The lowest BCUT2D eigenvalue weighted by Crippen LogP contribution is -2.36. The average Bonchev–Trinajstić information content (AvgIpc) is 3.29. The van der Waals surface area contributed by atoms with E-state index in [0.29, 0.717) is 23.7 Å². The van der Waals surface area contributed by atoms with Crippen molar-refractivity contribution in [2.45, 2.75) is 17.2 Å². The zero-order valence-electron chi connectivity index (χ0n) is 17.6. The van der Waals surface area contributed by atoms with Crippen LogP contribution in [0.2, 0.25) is 0 Å². The lowest BCUT2D eigenvalue weighted by Gasteiger charge is -2.28. The number of sulfonamides is 1. The molecule has 1 aliphatic rings. The second kappa shape index (κ2) is 7.91. The molecule has 8 heteroatoms. The van der Waals surface area contributed by atoms with Crippen molar-refractivity contribution in [1.82, 2.24) is 14.3 Å². The van der Waals surface area contributed by atoms with E-state index >= 15 is 0 Å². The highest BCUT2D eigenvalue weighted by molar-refractivity contribution is 7.91. The first-order valence-electron chi connectivity index (χ1n) is 10.7. The molecule has 0 atom stereocenters. The molecule has 1 aliphatic heterocycles. The molecule has 0 spiro atoms. The lowest BCUT2D eigenvalue weighted by molar-refractivity contribution is 0.392. The van der Waals surface area contributed by atoms with Gasteiger partial charge in [0.15, 0.2) is 0 Å². The van der Waals surface area contributed by atoms with Crippen LogP contribution in [0.15, 0.2) is 83.3 Å². The molecule has 1 N–H and O–H groups in total. The van der Waals surface area contributed by atoms with Crippen LogP contribution in [-0.4, -0.2) is 29.2 Å². The first-order valence-corrected chi connectivity index (χ1v) is 12.9. The predicted octanol–water partition coefficient (Wildman–Crippen LogP) is 5.34.